The quantitative estimate of drug-likeness (QED) is 0.832. The van der Waals surface area contributed by atoms with Gasteiger partial charge in [-0.15, -0.1) is 0 Å². The molecule has 3 nitrogen and oxygen atoms in total. The number of hydrogen-bond donors (Lipinski definition) is 1. The Balaban J connectivity index is 1.64. The van der Waals surface area contributed by atoms with Crippen LogP contribution in [0.15, 0.2) is 0 Å². The van der Waals surface area contributed by atoms with Crippen molar-refractivity contribution in [3.63, 3.8) is 0 Å². The molecule has 1 amide bonds. The fourth-order valence-corrected chi connectivity index (χ4v) is 2.79. The summed E-state index contributed by atoms with van der Waals surface area (Å²) in [6, 6.07) is 0.329. The fraction of sp³-hybridized carbons (Fsp3) is 0.933. The lowest BCUT2D eigenvalue weighted by molar-refractivity contribution is 0.123. The molecule has 0 radical (unpaired) electrons. The van der Waals surface area contributed by atoms with E-state index < -0.39 is 0 Å². The zero-order valence-electron chi connectivity index (χ0n) is 12.0. The third-order valence-electron chi connectivity index (χ3n) is 4.42. The topological polar surface area (TPSA) is 38.3 Å². The molecule has 0 aromatic heterocycles. The van der Waals surface area contributed by atoms with Crippen molar-refractivity contribution in [1.82, 2.24) is 5.32 Å². The van der Waals surface area contributed by atoms with Gasteiger partial charge in [0.1, 0.15) is 0 Å². The van der Waals surface area contributed by atoms with Gasteiger partial charge in [-0.05, 0) is 55.8 Å². The Bertz CT molecular complexity index is 283. The summed E-state index contributed by atoms with van der Waals surface area (Å²) >= 11 is 0. The van der Waals surface area contributed by atoms with Gasteiger partial charge < -0.3 is 10.1 Å². The minimum Gasteiger partial charge on any atom is -0.449 e. The van der Waals surface area contributed by atoms with E-state index in [0.717, 1.165) is 18.8 Å². The molecule has 0 bridgehead atoms. The van der Waals surface area contributed by atoms with Crippen molar-refractivity contribution in [2.24, 2.45) is 17.3 Å². The standard InChI is InChI=1S/C15H27NO2/c1-15(2,3)12-6-8-13(9-7-12)16-14(17)18-10-11-4-5-11/h11-13H,4-10H2,1-3H3,(H,16,17). The van der Waals surface area contributed by atoms with E-state index in [9.17, 15) is 4.79 Å². The number of hydrogen-bond acceptors (Lipinski definition) is 2. The maximum atomic E-state index is 11.6. The molecule has 1 N–H and O–H groups in total. The first-order valence-electron chi connectivity index (χ1n) is 7.38. The van der Waals surface area contributed by atoms with Crippen LogP contribution in [0.25, 0.3) is 0 Å². The molecule has 3 heteroatoms. The Kier molecular flexibility index (Phi) is 4.18. The van der Waals surface area contributed by atoms with Crippen LogP contribution >= 0.6 is 0 Å². The highest BCUT2D eigenvalue weighted by atomic mass is 16.5. The number of rotatable bonds is 3. The van der Waals surface area contributed by atoms with E-state index in [1.165, 1.54) is 25.7 Å². The summed E-state index contributed by atoms with van der Waals surface area (Å²) in [6.45, 7) is 7.56. The Morgan fingerprint density at radius 2 is 1.72 bits per heavy atom. The SMILES string of the molecule is CC(C)(C)C1CCC(NC(=O)OCC2CC2)CC1. The molecular formula is C15H27NO2. The molecule has 0 unspecified atom stereocenters. The van der Waals surface area contributed by atoms with E-state index in [4.69, 9.17) is 4.74 Å². The van der Waals surface area contributed by atoms with Crippen molar-refractivity contribution in [1.29, 1.82) is 0 Å². The van der Waals surface area contributed by atoms with Gasteiger partial charge >= 0.3 is 6.09 Å². The van der Waals surface area contributed by atoms with Crippen LogP contribution in [0.5, 0.6) is 0 Å². The van der Waals surface area contributed by atoms with Crippen LogP contribution in [0.3, 0.4) is 0 Å². The van der Waals surface area contributed by atoms with Crippen LogP contribution in [0.1, 0.15) is 59.3 Å². The van der Waals surface area contributed by atoms with Crippen LogP contribution in [0, 0.1) is 17.3 Å². The molecule has 2 saturated carbocycles. The molecule has 0 heterocycles. The first kappa shape index (κ1) is 13.7. The number of carbonyl (C=O) groups is 1. The van der Waals surface area contributed by atoms with Gasteiger partial charge in [0, 0.05) is 6.04 Å². The molecule has 0 saturated heterocycles. The number of ether oxygens (including phenoxy) is 1. The largest absolute Gasteiger partial charge is 0.449 e. The second-order valence-electron chi connectivity index (χ2n) is 7.10. The van der Waals surface area contributed by atoms with Crippen molar-refractivity contribution in [3.05, 3.63) is 0 Å². The lowest BCUT2D eigenvalue weighted by atomic mass is 9.71. The highest BCUT2D eigenvalue weighted by Crippen LogP contribution is 2.37. The summed E-state index contributed by atoms with van der Waals surface area (Å²) < 4.78 is 5.21. The van der Waals surface area contributed by atoms with Crippen molar-refractivity contribution in [3.8, 4) is 0 Å². The van der Waals surface area contributed by atoms with Gasteiger partial charge in [-0.3, -0.25) is 0 Å². The molecule has 0 aromatic rings. The monoisotopic (exact) mass is 253 g/mol. The van der Waals surface area contributed by atoms with Gasteiger partial charge in [0.05, 0.1) is 6.61 Å². The zero-order valence-corrected chi connectivity index (χ0v) is 12.0. The molecule has 2 aliphatic carbocycles. The van der Waals surface area contributed by atoms with E-state index in [1.807, 2.05) is 0 Å². The number of alkyl carbamates (subject to hydrolysis) is 1. The third kappa shape index (κ3) is 4.18. The van der Waals surface area contributed by atoms with Crippen LogP contribution in [-0.4, -0.2) is 18.7 Å². The van der Waals surface area contributed by atoms with Crippen molar-refractivity contribution in [2.75, 3.05) is 6.61 Å². The number of carbonyl (C=O) groups excluding carboxylic acids is 1. The second kappa shape index (κ2) is 5.50. The zero-order chi connectivity index (χ0) is 13.2. The smallest absolute Gasteiger partial charge is 0.407 e. The molecule has 2 aliphatic rings. The van der Waals surface area contributed by atoms with E-state index in [0.29, 0.717) is 24.0 Å². The molecule has 0 aromatic carbocycles. The van der Waals surface area contributed by atoms with Gasteiger partial charge in [0.2, 0.25) is 0 Å². The van der Waals surface area contributed by atoms with Gasteiger partial charge in [0.25, 0.3) is 0 Å². The molecule has 2 rings (SSSR count). The average molecular weight is 253 g/mol. The summed E-state index contributed by atoms with van der Waals surface area (Å²) in [4.78, 5) is 11.6. The third-order valence-corrected chi connectivity index (χ3v) is 4.42. The lowest BCUT2D eigenvalue weighted by Crippen LogP contribution is -2.39. The predicted octanol–water partition coefficient (Wildman–Crippen LogP) is 3.73. The molecule has 0 aliphatic heterocycles. The summed E-state index contributed by atoms with van der Waals surface area (Å²) in [5, 5.41) is 3.01. The van der Waals surface area contributed by atoms with Gasteiger partial charge in [-0.2, -0.15) is 0 Å². The van der Waals surface area contributed by atoms with Crippen molar-refractivity contribution >= 4 is 6.09 Å². The Morgan fingerprint density at radius 3 is 2.22 bits per heavy atom. The Morgan fingerprint density at radius 1 is 1.11 bits per heavy atom. The van der Waals surface area contributed by atoms with E-state index in [1.54, 1.807) is 0 Å². The van der Waals surface area contributed by atoms with E-state index in [2.05, 4.69) is 26.1 Å². The molecule has 0 spiro atoms. The normalized spacial score (nSPS) is 28.8. The summed E-state index contributed by atoms with van der Waals surface area (Å²) in [7, 11) is 0. The second-order valence-corrected chi connectivity index (χ2v) is 7.10. The summed E-state index contributed by atoms with van der Waals surface area (Å²) in [5.74, 6) is 1.44. The Labute approximate surface area is 111 Å². The molecular weight excluding hydrogens is 226 g/mol. The first-order chi connectivity index (χ1) is 8.45. The van der Waals surface area contributed by atoms with Crippen molar-refractivity contribution in [2.45, 2.75) is 65.3 Å². The maximum Gasteiger partial charge on any atom is 0.407 e. The summed E-state index contributed by atoms with van der Waals surface area (Å²) in [6.07, 6.45) is 6.88. The first-order valence-corrected chi connectivity index (χ1v) is 7.38. The van der Waals surface area contributed by atoms with Gasteiger partial charge in [-0.1, -0.05) is 20.8 Å². The molecule has 2 fully saturated rings. The van der Waals surface area contributed by atoms with Crippen LogP contribution in [-0.2, 0) is 4.74 Å². The molecule has 104 valence electrons. The highest BCUT2D eigenvalue weighted by Gasteiger charge is 2.30. The molecule has 18 heavy (non-hydrogen) atoms. The average Bonchev–Trinajstić information content (AvgIpc) is 3.09. The summed E-state index contributed by atoms with van der Waals surface area (Å²) in [5.41, 5.74) is 0.400. The van der Waals surface area contributed by atoms with Gasteiger partial charge in [0.15, 0.2) is 0 Å². The highest BCUT2D eigenvalue weighted by molar-refractivity contribution is 5.67. The van der Waals surface area contributed by atoms with E-state index in [-0.39, 0.29) is 6.09 Å². The van der Waals surface area contributed by atoms with Gasteiger partial charge in [-0.25, -0.2) is 4.79 Å². The van der Waals surface area contributed by atoms with Crippen LogP contribution < -0.4 is 5.32 Å². The minimum atomic E-state index is -0.207. The lowest BCUT2D eigenvalue weighted by Gasteiger charge is -2.37. The molecule has 0 atom stereocenters. The number of amides is 1. The predicted molar refractivity (Wildman–Crippen MR) is 72.4 cm³/mol. The minimum absolute atomic E-state index is 0.207. The van der Waals surface area contributed by atoms with E-state index >= 15 is 0 Å². The Hall–Kier alpha value is -0.730. The fourth-order valence-electron chi connectivity index (χ4n) is 2.79. The van der Waals surface area contributed by atoms with Crippen LogP contribution in [0.4, 0.5) is 4.79 Å². The number of nitrogens with one attached hydrogen (secondary N) is 1. The maximum absolute atomic E-state index is 11.6. The van der Waals surface area contributed by atoms with Crippen molar-refractivity contribution < 1.29 is 9.53 Å². The van der Waals surface area contributed by atoms with Crippen LogP contribution in [0.2, 0.25) is 0 Å².